The Bertz CT molecular complexity index is 1040. The van der Waals surface area contributed by atoms with Crippen LogP contribution in [0, 0.1) is 6.92 Å². The molecule has 28 heavy (non-hydrogen) atoms. The van der Waals surface area contributed by atoms with E-state index < -0.39 is 7.28 Å². The Kier molecular flexibility index (Phi) is 6.65. The van der Waals surface area contributed by atoms with Crippen molar-refractivity contribution in [1.82, 2.24) is 0 Å². The molecule has 0 aliphatic rings. The molecular weight excluding hydrogens is 569 g/mol. The average Bonchev–Trinajstić information content (AvgIpc) is 3.04. The van der Waals surface area contributed by atoms with E-state index >= 15 is 0 Å². The molecule has 0 unspecified atom stereocenters. The van der Waals surface area contributed by atoms with Crippen molar-refractivity contribution in [3.05, 3.63) is 73.8 Å². The van der Waals surface area contributed by atoms with Crippen LogP contribution in [0.5, 0.6) is 5.75 Å². The van der Waals surface area contributed by atoms with Crippen LogP contribution in [-0.2, 0) is 0 Å². The predicted molar refractivity (Wildman–Crippen MR) is 128 cm³/mol. The fourth-order valence-corrected chi connectivity index (χ4v) is 7.11. The summed E-state index contributed by atoms with van der Waals surface area (Å²) >= 11 is 10.6. The number of hydrogen-bond donors (Lipinski definition) is 0. The normalized spacial score (nSPS) is 13.8. The Morgan fingerprint density at radius 1 is 0.893 bits per heavy atom. The first-order valence-electron chi connectivity index (χ1n) is 8.70. The zero-order valence-electron chi connectivity index (χ0n) is 16.0. The van der Waals surface area contributed by atoms with E-state index in [9.17, 15) is 0 Å². The number of nitrogens with zero attached hydrogens (tertiary/aromatic N) is 1. The summed E-state index contributed by atoms with van der Waals surface area (Å²) in [5.74, 6) is 1.58. The summed E-state index contributed by atoms with van der Waals surface area (Å²) in [6.45, 7) is 8.38. The quantitative estimate of drug-likeness (QED) is 0.285. The highest BCUT2D eigenvalue weighted by atomic mass is 79.9. The van der Waals surface area contributed by atoms with Crippen LogP contribution in [0.25, 0.3) is 0 Å². The molecule has 1 heterocycles. The number of hydrogen-bond acceptors (Lipinski definition) is 3. The fourth-order valence-electron chi connectivity index (χ4n) is 2.68. The molecule has 1 atom stereocenters. The van der Waals surface area contributed by atoms with Gasteiger partial charge in [-0.3, -0.25) is 0 Å². The van der Waals surface area contributed by atoms with Crippen LogP contribution < -0.4 is 10.0 Å². The maximum Gasteiger partial charge on any atom is 0.207 e. The Hall–Kier alpha value is -0.810. The van der Waals surface area contributed by atoms with Crippen LogP contribution in [0.1, 0.15) is 26.5 Å². The fraction of sp³-hybridized carbons (Fsp3) is 0.238. The summed E-state index contributed by atoms with van der Waals surface area (Å²) in [7, 11) is -2.61. The Balaban J connectivity index is 2.28. The Morgan fingerprint density at radius 2 is 1.54 bits per heavy atom. The molecule has 0 spiro atoms. The summed E-state index contributed by atoms with van der Waals surface area (Å²) in [5.41, 5.74) is 1.63. The molecule has 0 fully saturated rings. The summed E-state index contributed by atoms with van der Waals surface area (Å²) in [4.78, 5) is 0. The van der Waals surface area contributed by atoms with Gasteiger partial charge in [0.05, 0.1) is 10.2 Å². The van der Waals surface area contributed by atoms with E-state index in [4.69, 9.17) is 13.7 Å². The molecule has 0 saturated carbocycles. The third kappa shape index (κ3) is 4.67. The highest BCUT2D eigenvalue weighted by molar-refractivity contribution is 9.11. The molecule has 0 aliphatic carbocycles. The van der Waals surface area contributed by atoms with Crippen molar-refractivity contribution in [2.45, 2.75) is 32.9 Å². The van der Waals surface area contributed by atoms with Gasteiger partial charge in [-0.05, 0) is 77.5 Å². The second kappa shape index (κ2) is 8.51. The molecule has 3 nitrogen and oxygen atoms in total. The van der Waals surface area contributed by atoms with Gasteiger partial charge in [-0.15, -0.1) is 0 Å². The van der Waals surface area contributed by atoms with Crippen molar-refractivity contribution in [3.8, 4) is 5.75 Å². The van der Waals surface area contributed by atoms with E-state index in [0.29, 0.717) is 0 Å². The minimum Gasteiger partial charge on any atom is -0.457 e. The number of benzene rings is 2. The topological polar surface area (TPSA) is 34.7 Å². The highest BCUT2D eigenvalue weighted by Crippen LogP contribution is 2.62. The molecule has 0 radical (unpaired) electrons. The van der Waals surface area contributed by atoms with E-state index in [1.54, 1.807) is 0 Å². The van der Waals surface area contributed by atoms with Crippen molar-refractivity contribution < 1.29 is 8.94 Å². The van der Waals surface area contributed by atoms with Crippen LogP contribution in [0.2, 0.25) is 0 Å². The lowest BCUT2D eigenvalue weighted by Gasteiger charge is -2.35. The molecule has 0 amide bonds. The number of halogens is 3. The molecule has 0 saturated heterocycles. The Morgan fingerprint density at radius 3 is 2.07 bits per heavy atom. The van der Waals surface area contributed by atoms with Gasteiger partial charge in [-0.1, -0.05) is 52.6 Å². The van der Waals surface area contributed by atoms with E-state index in [-0.39, 0.29) is 5.16 Å². The molecule has 3 rings (SSSR count). The van der Waals surface area contributed by atoms with E-state index in [0.717, 1.165) is 36.1 Å². The van der Waals surface area contributed by atoms with Crippen molar-refractivity contribution in [2.24, 2.45) is 4.74 Å². The lowest BCUT2D eigenvalue weighted by molar-refractivity contribution is 0.525. The third-order valence-corrected chi connectivity index (χ3v) is 9.41. The van der Waals surface area contributed by atoms with Crippen molar-refractivity contribution in [1.29, 1.82) is 0 Å². The SMILES string of the molecule is Cc1ccc([P@](=Nc2ccc(Br)cc2)(Oc2ccc(Br)cc2Br)C(C)(C)C)o1. The number of furan rings is 1. The average molecular weight is 590 g/mol. The van der Waals surface area contributed by atoms with E-state index in [2.05, 4.69) is 68.6 Å². The first-order valence-corrected chi connectivity index (χ1v) is 12.7. The predicted octanol–water partition coefficient (Wildman–Crippen LogP) is 8.83. The summed E-state index contributed by atoms with van der Waals surface area (Å²) in [6, 6.07) is 17.8. The second-order valence-electron chi connectivity index (χ2n) is 7.37. The summed E-state index contributed by atoms with van der Waals surface area (Å²) < 4.78 is 20.9. The van der Waals surface area contributed by atoms with Gasteiger partial charge in [0.1, 0.15) is 11.5 Å². The molecule has 7 heteroatoms. The van der Waals surface area contributed by atoms with Crippen LogP contribution in [-0.4, -0.2) is 5.16 Å². The van der Waals surface area contributed by atoms with Crippen LogP contribution >= 0.6 is 55.1 Å². The van der Waals surface area contributed by atoms with E-state index in [1.165, 1.54) is 0 Å². The standard InChI is InChI=1S/C21H21Br3NO2P/c1-14-5-12-20(26-14)28(21(2,3)4,25-17-9-6-15(22)7-10-17)27-19-11-8-16(23)13-18(19)24/h5-13H,1-4H3/t28-/m0/s1. The molecule has 3 aromatic rings. The molecule has 2 aromatic carbocycles. The summed E-state index contributed by atoms with van der Waals surface area (Å²) in [6.07, 6.45) is 0. The van der Waals surface area contributed by atoms with Gasteiger partial charge < -0.3 is 8.94 Å². The van der Waals surface area contributed by atoms with Crippen molar-refractivity contribution in [2.75, 3.05) is 0 Å². The van der Waals surface area contributed by atoms with Gasteiger partial charge in [0, 0.05) is 14.1 Å². The van der Waals surface area contributed by atoms with Crippen molar-refractivity contribution >= 4 is 66.3 Å². The second-order valence-corrected chi connectivity index (χ2v) is 13.4. The maximum atomic E-state index is 6.76. The zero-order chi connectivity index (χ0) is 20.5. The largest absolute Gasteiger partial charge is 0.457 e. The first kappa shape index (κ1) is 21.9. The van der Waals surface area contributed by atoms with Gasteiger partial charge in [-0.25, -0.2) is 4.74 Å². The molecule has 1 aromatic heterocycles. The smallest absolute Gasteiger partial charge is 0.207 e. The minimum atomic E-state index is -2.61. The third-order valence-electron chi connectivity index (χ3n) is 4.14. The monoisotopic (exact) mass is 587 g/mol. The highest BCUT2D eigenvalue weighted by Gasteiger charge is 2.42. The van der Waals surface area contributed by atoms with Gasteiger partial charge in [0.2, 0.25) is 7.28 Å². The molecular formula is C21H21Br3NO2P. The van der Waals surface area contributed by atoms with Crippen LogP contribution in [0.3, 0.4) is 0 Å². The van der Waals surface area contributed by atoms with Gasteiger partial charge in [0.25, 0.3) is 0 Å². The minimum absolute atomic E-state index is 0.295. The van der Waals surface area contributed by atoms with Crippen LogP contribution in [0.15, 0.2) is 77.2 Å². The first-order chi connectivity index (χ1) is 13.1. The van der Waals surface area contributed by atoms with Gasteiger partial charge >= 0.3 is 0 Å². The van der Waals surface area contributed by atoms with Crippen LogP contribution in [0.4, 0.5) is 5.69 Å². The molecule has 0 N–H and O–H groups in total. The van der Waals surface area contributed by atoms with Gasteiger partial charge in [-0.2, -0.15) is 0 Å². The zero-order valence-corrected chi connectivity index (χ0v) is 21.7. The molecule has 0 bridgehead atoms. The lowest BCUT2D eigenvalue weighted by Crippen LogP contribution is -2.26. The van der Waals surface area contributed by atoms with Crippen molar-refractivity contribution in [3.63, 3.8) is 0 Å². The number of aryl methyl sites for hydroxylation is 1. The molecule has 148 valence electrons. The number of rotatable bonds is 4. The summed E-state index contributed by atoms with van der Waals surface area (Å²) in [5, 5.41) is -0.295. The Labute approximate surface area is 191 Å². The lowest BCUT2D eigenvalue weighted by atomic mass is 10.3. The maximum absolute atomic E-state index is 6.76. The van der Waals surface area contributed by atoms with Gasteiger partial charge in [0.15, 0.2) is 5.50 Å². The molecule has 0 aliphatic heterocycles. The van der Waals surface area contributed by atoms with E-state index in [1.807, 2.05) is 61.5 Å².